The monoisotopic (exact) mass is 230 g/mol. The summed E-state index contributed by atoms with van der Waals surface area (Å²) in [6.07, 6.45) is 1.55. The van der Waals surface area contributed by atoms with Crippen molar-refractivity contribution in [3.8, 4) is 0 Å². The third kappa shape index (κ3) is 5.47. The smallest absolute Gasteiger partial charge is 0.237 e. The van der Waals surface area contributed by atoms with Crippen molar-refractivity contribution in [3.05, 3.63) is 0 Å². The highest BCUT2D eigenvalue weighted by Crippen LogP contribution is 2.08. The molecule has 16 heavy (non-hydrogen) atoms. The van der Waals surface area contributed by atoms with Crippen LogP contribution >= 0.6 is 0 Å². The molecule has 0 saturated carbocycles. The summed E-state index contributed by atoms with van der Waals surface area (Å²) in [6, 6.07) is 0.0393. The normalized spacial score (nSPS) is 15.2. The van der Waals surface area contributed by atoms with Gasteiger partial charge >= 0.3 is 0 Å². The lowest BCUT2D eigenvalue weighted by molar-refractivity contribution is -0.127. The lowest BCUT2D eigenvalue weighted by Gasteiger charge is -2.28. The minimum absolute atomic E-state index is 0.0745. The van der Waals surface area contributed by atoms with Crippen molar-refractivity contribution >= 4 is 5.91 Å². The van der Waals surface area contributed by atoms with Gasteiger partial charge < -0.3 is 10.4 Å². The molecule has 1 amide bonds. The van der Waals surface area contributed by atoms with E-state index in [0.29, 0.717) is 5.92 Å². The van der Waals surface area contributed by atoms with Gasteiger partial charge in [0, 0.05) is 12.6 Å². The number of aliphatic hydroxyl groups excluding tert-OH is 1. The highest BCUT2D eigenvalue weighted by Gasteiger charge is 2.24. The first kappa shape index (κ1) is 15.4. The van der Waals surface area contributed by atoms with Crippen LogP contribution in [0.4, 0.5) is 0 Å². The topological polar surface area (TPSA) is 52.6 Å². The Bertz CT molecular complexity index is 197. The summed E-state index contributed by atoms with van der Waals surface area (Å²) in [5, 5.41) is 11.7. The molecule has 96 valence electrons. The van der Waals surface area contributed by atoms with Crippen LogP contribution in [-0.2, 0) is 4.79 Å². The number of likely N-dealkylation sites (N-methyl/N-ethyl adjacent to an activating group) is 1. The van der Waals surface area contributed by atoms with Crippen molar-refractivity contribution in [2.75, 3.05) is 20.7 Å². The van der Waals surface area contributed by atoms with E-state index in [-0.39, 0.29) is 24.6 Å². The van der Waals surface area contributed by atoms with Gasteiger partial charge in [0.2, 0.25) is 5.91 Å². The molecular formula is C12H26N2O2. The van der Waals surface area contributed by atoms with Crippen LogP contribution in [-0.4, -0.2) is 48.7 Å². The van der Waals surface area contributed by atoms with Gasteiger partial charge in [-0.25, -0.2) is 0 Å². The summed E-state index contributed by atoms with van der Waals surface area (Å²) in [7, 11) is 3.84. The van der Waals surface area contributed by atoms with Gasteiger partial charge in [-0.05, 0) is 39.8 Å². The van der Waals surface area contributed by atoms with Crippen molar-refractivity contribution < 1.29 is 9.90 Å². The molecule has 2 N–H and O–H groups in total. The number of carbonyl (C=O) groups is 1. The summed E-state index contributed by atoms with van der Waals surface area (Å²) in [5.41, 5.74) is 0. The van der Waals surface area contributed by atoms with E-state index in [4.69, 9.17) is 5.11 Å². The van der Waals surface area contributed by atoms with E-state index in [9.17, 15) is 4.79 Å². The number of nitrogens with one attached hydrogen (secondary N) is 1. The highest BCUT2D eigenvalue weighted by molar-refractivity contribution is 5.82. The van der Waals surface area contributed by atoms with Crippen molar-refractivity contribution in [3.63, 3.8) is 0 Å². The quantitative estimate of drug-likeness (QED) is 0.682. The van der Waals surface area contributed by atoms with Crippen LogP contribution in [0.3, 0.4) is 0 Å². The largest absolute Gasteiger partial charge is 0.396 e. The Hall–Kier alpha value is -0.610. The van der Waals surface area contributed by atoms with E-state index in [0.717, 1.165) is 12.8 Å². The molecule has 0 aromatic heterocycles. The van der Waals surface area contributed by atoms with Crippen LogP contribution in [0.15, 0.2) is 0 Å². The van der Waals surface area contributed by atoms with Gasteiger partial charge in [-0.15, -0.1) is 0 Å². The Morgan fingerprint density at radius 3 is 2.25 bits per heavy atom. The number of rotatable bonds is 7. The third-order valence-electron chi connectivity index (χ3n) is 2.64. The second-order valence-corrected chi connectivity index (χ2v) is 4.93. The Balaban J connectivity index is 4.20. The van der Waals surface area contributed by atoms with Gasteiger partial charge in [-0.2, -0.15) is 0 Å². The predicted octanol–water partition coefficient (Wildman–Crippen LogP) is 0.850. The fraction of sp³-hybridized carbons (Fsp3) is 0.917. The SMILES string of the molecule is CC(CCCO)NC(=O)C(C(C)C)N(C)C. The maximum atomic E-state index is 12.0. The highest BCUT2D eigenvalue weighted by atomic mass is 16.3. The minimum atomic E-state index is -0.0865. The Labute approximate surface area is 99.0 Å². The lowest BCUT2D eigenvalue weighted by atomic mass is 10.0. The lowest BCUT2D eigenvalue weighted by Crippen LogP contribution is -2.49. The molecule has 2 atom stereocenters. The van der Waals surface area contributed by atoms with Crippen LogP contribution in [0.1, 0.15) is 33.6 Å². The molecule has 0 aliphatic carbocycles. The van der Waals surface area contributed by atoms with E-state index in [1.165, 1.54) is 0 Å². The first-order valence-electron chi connectivity index (χ1n) is 5.97. The Kier molecular flexibility index (Phi) is 7.34. The van der Waals surface area contributed by atoms with E-state index < -0.39 is 0 Å². The second-order valence-electron chi connectivity index (χ2n) is 4.93. The minimum Gasteiger partial charge on any atom is -0.396 e. The fourth-order valence-electron chi connectivity index (χ4n) is 1.93. The van der Waals surface area contributed by atoms with Crippen LogP contribution < -0.4 is 5.32 Å². The molecule has 4 heteroatoms. The number of hydrogen-bond donors (Lipinski definition) is 2. The number of hydrogen-bond acceptors (Lipinski definition) is 3. The predicted molar refractivity (Wildman–Crippen MR) is 66.2 cm³/mol. The third-order valence-corrected chi connectivity index (χ3v) is 2.64. The molecule has 0 bridgehead atoms. The van der Waals surface area contributed by atoms with Crippen LogP contribution in [0.25, 0.3) is 0 Å². The zero-order valence-electron chi connectivity index (χ0n) is 11.2. The molecule has 0 heterocycles. The molecule has 0 rings (SSSR count). The van der Waals surface area contributed by atoms with Gasteiger partial charge in [0.05, 0.1) is 6.04 Å². The Morgan fingerprint density at radius 2 is 1.88 bits per heavy atom. The molecule has 4 nitrogen and oxygen atoms in total. The molecule has 2 unspecified atom stereocenters. The van der Waals surface area contributed by atoms with Crippen LogP contribution in [0, 0.1) is 5.92 Å². The van der Waals surface area contributed by atoms with Crippen LogP contribution in [0.5, 0.6) is 0 Å². The van der Waals surface area contributed by atoms with E-state index in [2.05, 4.69) is 5.32 Å². The maximum absolute atomic E-state index is 12.0. The van der Waals surface area contributed by atoms with Gasteiger partial charge in [-0.3, -0.25) is 9.69 Å². The van der Waals surface area contributed by atoms with Gasteiger partial charge in [-0.1, -0.05) is 13.8 Å². The number of carbonyl (C=O) groups excluding carboxylic acids is 1. The number of aliphatic hydroxyl groups is 1. The molecule has 0 spiro atoms. The summed E-state index contributed by atoms with van der Waals surface area (Å²) in [5.74, 6) is 0.366. The fourth-order valence-corrected chi connectivity index (χ4v) is 1.93. The second kappa shape index (κ2) is 7.63. The van der Waals surface area contributed by atoms with Crippen molar-refractivity contribution in [2.45, 2.75) is 45.7 Å². The molecule has 0 saturated heterocycles. The molecule has 0 aromatic carbocycles. The molecule has 0 radical (unpaired) electrons. The first-order chi connectivity index (χ1) is 7.40. The molecule has 0 aliphatic rings. The Morgan fingerprint density at radius 1 is 1.31 bits per heavy atom. The first-order valence-corrected chi connectivity index (χ1v) is 5.97. The van der Waals surface area contributed by atoms with Crippen molar-refractivity contribution in [2.24, 2.45) is 5.92 Å². The average Bonchev–Trinajstić information content (AvgIpc) is 2.13. The maximum Gasteiger partial charge on any atom is 0.237 e. The van der Waals surface area contributed by atoms with Crippen molar-refractivity contribution in [1.82, 2.24) is 10.2 Å². The summed E-state index contributed by atoms with van der Waals surface area (Å²) in [4.78, 5) is 13.9. The molecular weight excluding hydrogens is 204 g/mol. The average molecular weight is 230 g/mol. The van der Waals surface area contributed by atoms with Crippen LogP contribution in [0.2, 0.25) is 0 Å². The van der Waals surface area contributed by atoms with Gasteiger partial charge in [0.15, 0.2) is 0 Å². The zero-order chi connectivity index (χ0) is 12.7. The summed E-state index contributed by atoms with van der Waals surface area (Å²) < 4.78 is 0. The number of nitrogens with zero attached hydrogens (tertiary/aromatic N) is 1. The molecule has 0 aliphatic heterocycles. The van der Waals surface area contributed by atoms with Gasteiger partial charge in [0.1, 0.15) is 0 Å². The number of amides is 1. The molecule has 0 fully saturated rings. The summed E-state index contributed by atoms with van der Waals surface area (Å²) >= 11 is 0. The molecule has 0 aromatic rings. The summed E-state index contributed by atoms with van der Waals surface area (Å²) in [6.45, 7) is 6.24. The van der Waals surface area contributed by atoms with E-state index in [1.807, 2.05) is 39.8 Å². The van der Waals surface area contributed by atoms with Gasteiger partial charge in [0.25, 0.3) is 0 Å². The van der Waals surface area contributed by atoms with E-state index in [1.54, 1.807) is 0 Å². The van der Waals surface area contributed by atoms with E-state index >= 15 is 0 Å². The standard InChI is InChI=1S/C12H26N2O2/c1-9(2)11(14(4)5)12(16)13-10(3)7-6-8-15/h9-11,15H,6-8H2,1-5H3,(H,13,16). The van der Waals surface area contributed by atoms with Crippen molar-refractivity contribution in [1.29, 1.82) is 0 Å². The zero-order valence-corrected chi connectivity index (χ0v) is 11.2.